The van der Waals surface area contributed by atoms with Crippen LogP contribution in [0.5, 0.6) is 0 Å². The van der Waals surface area contributed by atoms with Gasteiger partial charge in [-0.25, -0.2) is 0 Å². The van der Waals surface area contributed by atoms with Crippen molar-refractivity contribution in [3.8, 4) is 0 Å². The maximum absolute atomic E-state index is 11.8. The number of carbonyl (C=O) groups is 2. The first-order chi connectivity index (χ1) is 10.1. The van der Waals surface area contributed by atoms with Gasteiger partial charge in [-0.3, -0.25) is 9.59 Å². The predicted molar refractivity (Wildman–Crippen MR) is 79.7 cm³/mol. The molecule has 1 saturated heterocycles. The van der Waals surface area contributed by atoms with Crippen LogP contribution in [0.2, 0.25) is 0 Å². The summed E-state index contributed by atoms with van der Waals surface area (Å²) in [7, 11) is 0. The average Bonchev–Trinajstić information content (AvgIpc) is 2.52. The third-order valence-corrected chi connectivity index (χ3v) is 3.42. The van der Waals surface area contributed by atoms with Gasteiger partial charge < -0.3 is 21.1 Å². The first-order valence-electron chi connectivity index (χ1n) is 7.13. The van der Waals surface area contributed by atoms with Gasteiger partial charge in [-0.15, -0.1) is 0 Å². The number of nitrogens with two attached hydrogens (primary N) is 1. The Bertz CT molecular complexity index is 481. The maximum atomic E-state index is 11.8. The number of carbonyl (C=O) groups excluding carboxylic acids is 2. The number of ether oxygens (including phenoxy) is 1. The molecule has 1 atom stereocenters. The van der Waals surface area contributed by atoms with Gasteiger partial charge in [-0.1, -0.05) is 0 Å². The zero-order valence-electron chi connectivity index (χ0n) is 11.9. The van der Waals surface area contributed by atoms with Gasteiger partial charge >= 0.3 is 0 Å². The van der Waals surface area contributed by atoms with Crippen LogP contribution in [0.25, 0.3) is 0 Å². The minimum atomic E-state index is -0.286. The van der Waals surface area contributed by atoms with Gasteiger partial charge in [0.25, 0.3) is 5.91 Å². The van der Waals surface area contributed by atoms with E-state index in [0.717, 1.165) is 19.4 Å². The molecular formula is C15H21N3O3. The van der Waals surface area contributed by atoms with Crippen LogP contribution in [0.3, 0.4) is 0 Å². The summed E-state index contributed by atoms with van der Waals surface area (Å²) in [5.74, 6) is -0.106. The van der Waals surface area contributed by atoms with Gasteiger partial charge in [0.1, 0.15) is 0 Å². The van der Waals surface area contributed by atoms with Crippen LogP contribution < -0.4 is 16.4 Å². The summed E-state index contributed by atoms with van der Waals surface area (Å²) < 4.78 is 5.35. The largest absolute Gasteiger partial charge is 0.399 e. The molecule has 2 rings (SSSR count). The molecule has 1 aromatic rings. The monoisotopic (exact) mass is 291 g/mol. The molecule has 0 bridgehead atoms. The summed E-state index contributed by atoms with van der Waals surface area (Å²) in [4.78, 5) is 23.5. The van der Waals surface area contributed by atoms with E-state index in [9.17, 15) is 9.59 Å². The number of benzene rings is 1. The molecule has 1 heterocycles. The van der Waals surface area contributed by atoms with E-state index in [-0.39, 0.29) is 18.4 Å². The van der Waals surface area contributed by atoms with Crippen molar-refractivity contribution >= 4 is 17.5 Å². The first-order valence-corrected chi connectivity index (χ1v) is 7.13. The molecule has 4 N–H and O–H groups in total. The van der Waals surface area contributed by atoms with Crippen molar-refractivity contribution in [3.63, 3.8) is 0 Å². The lowest BCUT2D eigenvalue weighted by Crippen LogP contribution is -2.40. The Morgan fingerprint density at radius 3 is 2.67 bits per heavy atom. The minimum absolute atomic E-state index is 0.0310. The van der Waals surface area contributed by atoms with Gasteiger partial charge in [0.15, 0.2) is 0 Å². The van der Waals surface area contributed by atoms with Crippen LogP contribution in [-0.4, -0.2) is 38.1 Å². The summed E-state index contributed by atoms with van der Waals surface area (Å²) >= 11 is 0. The molecule has 6 nitrogen and oxygen atoms in total. The summed E-state index contributed by atoms with van der Waals surface area (Å²) in [5.41, 5.74) is 6.63. The lowest BCUT2D eigenvalue weighted by molar-refractivity contribution is -0.120. The van der Waals surface area contributed by atoms with Crippen LogP contribution in [0, 0.1) is 5.92 Å². The molecule has 0 aromatic heterocycles. The van der Waals surface area contributed by atoms with E-state index >= 15 is 0 Å². The number of hydrogen-bond donors (Lipinski definition) is 3. The Morgan fingerprint density at radius 2 is 2.00 bits per heavy atom. The van der Waals surface area contributed by atoms with Crippen molar-refractivity contribution < 1.29 is 14.3 Å². The topological polar surface area (TPSA) is 93.5 Å². The Labute approximate surface area is 124 Å². The Hall–Kier alpha value is -2.08. The fraction of sp³-hybridized carbons (Fsp3) is 0.467. The van der Waals surface area contributed by atoms with E-state index in [1.165, 1.54) is 0 Å². The molecule has 1 aliphatic heterocycles. The highest BCUT2D eigenvalue weighted by Crippen LogP contribution is 2.11. The third-order valence-electron chi connectivity index (χ3n) is 3.42. The summed E-state index contributed by atoms with van der Waals surface area (Å²) in [5, 5.41) is 5.40. The molecule has 1 fully saturated rings. The Kier molecular flexibility index (Phi) is 5.57. The SMILES string of the molecule is Nc1ccc(C(=O)NCC(=O)NCC2CCCOC2)cc1. The summed E-state index contributed by atoms with van der Waals surface area (Å²) in [6.45, 7) is 2.06. The van der Waals surface area contributed by atoms with Gasteiger partial charge in [-0.2, -0.15) is 0 Å². The predicted octanol–water partition coefficient (Wildman–Crippen LogP) is 0.541. The molecular weight excluding hydrogens is 270 g/mol. The Morgan fingerprint density at radius 1 is 1.24 bits per heavy atom. The van der Waals surface area contributed by atoms with Crippen molar-refractivity contribution in [2.45, 2.75) is 12.8 Å². The van der Waals surface area contributed by atoms with E-state index in [1.54, 1.807) is 24.3 Å². The molecule has 1 aromatic carbocycles. The lowest BCUT2D eigenvalue weighted by Gasteiger charge is -2.22. The zero-order chi connectivity index (χ0) is 15.1. The molecule has 114 valence electrons. The molecule has 6 heteroatoms. The second kappa shape index (κ2) is 7.64. The van der Waals surface area contributed by atoms with Crippen molar-refractivity contribution in [3.05, 3.63) is 29.8 Å². The summed E-state index contributed by atoms with van der Waals surface area (Å²) in [6, 6.07) is 6.56. The molecule has 0 saturated carbocycles. The maximum Gasteiger partial charge on any atom is 0.251 e. The summed E-state index contributed by atoms with van der Waals surface area (Å²) in [6.07, 6.45) is 2.10. The molecule has 1 unspecified atom stereocenters. The highest BCUT2D eigenvalue weighted by molar-refractivity contribution is 5.96. The van der Waals surface area contributed by atoms with Crippen LogP contribution >= 0.6 is 0 Å². The number of rotatable bonds is 5. The van der Waals surface area contributed by atoms with Gasteiger partial charge in [0, 0.05) is 24.4 Å². The number of anilines is 1. The highest BCUT2D eigenvalue weighted by Gasteiger charge is 2.15. The first kappa shape index (κ1) is 15.3. The van der Waals surface area contributed by atoms with Crippen molar-refractivity contribution in [1.29, 1.82) is 0 Å². The zero-order valence-corrected chi connectivity index (χ0v) is 11.9. The van der Waals surface area contributed by atoms with E-state index in [0.29, 0.717) is 30.3 Å². The van der Waals surface area contributed by atoms with Crippen molar-refractivity contribution in [2.24, 2.45) is 5.92 Å². The minimum Gasteiger partial charge on any atom is -0.399 e. The molecule has 0 spiro atoms. The molecule has 21 heavy (non-hydrogen) atoms. The van der Waals surface area contributed by atoms with Crippen molar-refractivity contribution in [1.82, 2.24) is 10.6 Å². The van der Waals surface area contributed by atoms with Gasteiger partial charge in [-0.05, 0) is 43.0 Å². The fourth-order valence-electron chi connectivity index (χ4n) is 2.19. The second-order valence-electron chi connectivity index (χ2n) is 5.19. The standard InChI is InChI=1S/C15H21N3O3/c16-13-5-3-12(4-6-13)15(20)18-9-14(19)17-8-11-2-1-7-21-10-11/h3-6,11H,1-2,7-10,16H2,(H,17,19)(H,18,20). The normalized spacial score (nSPS) is 18.0. The van der Waals surface area contributed by atoms with E-state index in [2.05, 4.69) is 10.6 Å². The van der Waals surface area contributed by atoms with Gasteiger partial charge in [0.2, 0.25) is 5.91 Å². The number of hydrogen-bond acceptors (Lipinski definition) is 4. The second-order valence-corrected chi connectivity index (χ2v) is 5.19. The highest BCUT2D eigenvalue weighted by atomic mass is 16.5. The van der Waals surface area contributed by atoms with Crippen LogP contribution in [0.1, 0.15) is 23.2 Å². The smallest absolute Gasteiger partial charge is 0.251 e. The quantitative estimate of drug-likeness (QED) is 0.690. The fourth-order valence-corrected chi connectivity index (χ4v) is 2.19. The molecule has 2 amide bonds. The Balaban J connectivity index is 1.68. The van der Waals surface area contributed by atoms with Crippen LogP contribution in [-0.2, 0) is 9.53 Å². The molecule has 0 aliphatic carbocycles. The van der Waals surface area contributed by atoms with Gasteiger partial charge in [0.05, 0.1) is 13.2 Å². The number of nitrogen functional groups attached to an aromatic ring is 1. The van der Waals surface area contributed by atoms with E-state index in [1.807, 2.05) is 0 Å². The molecule has 1 aliphatic rings. The van der Waals surface area contributed by atoms with Crippen LogP contribution in [0.15, 0.2) is 24.3 Å². The third kappa shape index (κ3) is 5.07. The lowest BCUT2D eigenvalue weighted by atomic mass is 10.0. The van der Waals surface area contributed by atoms with E-state index in [4.69, 9.17) is 10.5 Å². The number of amides is 2. The van der Waals surface area contributed by atoms with Crippen molar-refractivity contribution in [2.75, 3.05) is 32.0 Å². The average molecular weight is 291 g/mol. The van der Waals surface area contributed by atoms with E-state index < -0.39 is 0 Å². The number of nitrogens with one attached hydrogen (secondary N) is 2. The molecule has 0 radical (unpaired) electrons. The van der Waals surface area contributed by atoms with Crippen LogP contribution in [0.4, 0.5) is 5.69 Å².